The average Bonchev–Trinajstić information content (AvgIpc) is 3.74. The van der Waals surface area contributed by atoms with Crippen LogP contribution in [0.3, 0.4) is 0 Å². The molecule has 2 aromatic carbocycles. The van der Waals surface area contributed by atoms with E-state index in [4.69, 9.17) is 9.47 Å². The van der Waals surface area contributed by atoms with Gasteiger partial charge in [-0.3, -0.25) is 0 Å². The van der Waals surface area contributed by atoms with Gasteiger partial charge in [0.1, 0.15) is 11.5 Å². The van der Waals surface area contributed by atoms with Crippen molar-refractivity contribution >= 4 is 5.57 Å². The monoisotopic (exact) mass is 669 g/mol. The van der Waals surface area contributed by atoms with Crippen LogP contribution < -0.4 is 9.47 Å². The maximum atomic E-state index is 6.26. The fourth-order valence-electron chi connectivity index (χ4n) is 11.0. The molecule has 6 fully saturated rings. The van der Waals surface area contributed by atoms with Crippen molar-refractivity contribution in [1.82, 2.24) is 0 Å². The van der Waals surface area contributed by atoms with E-state index in [0.717, 1.165) is 61.2 Å². The van der Waals surface area contributed by atoms with Crippen LogP contribution in [0.2, 0.25) is 0 Å². The Morgan fingerprint density at radius 2 is 0.898 bits per heavy atom. The van der Waals surface area contributed by atoms with Gasteiger partial charge in [-0.05, 0) is 148 Å². The van der Waals surface area contributed by atoms with Gasteiger partial charge in [0.25, 0.3) is 0 Å². The zero-order valence-electron chi connectivity index (χ0n) is 31.3. The highest BCUT2D eigenvalue weighted by atomic mass is 16.5. The second-order valence-corrected chi connectivity index (χ2v) is 17.7. The molecule has 4 nitrogen and oxygen atoms in total. The molecule has 0 aromatic heterocycles. The number of nitrogens with zero attached hydrogens (tertiary/aromatic N) is 2. The van der Waals surface area contributed by atoms with Crippen molar-refractivity contribution in [2.24, 2.45) is 23.7 Å². The lowest BCUT2D eigenvalue weighted by Crippen LogP contribution is -2.41. The predicted molar refractivity (Wildman–Crippen MR) is 204 cm³/mol. The molecule has 4 saturated carbocycles. The molecular formula is C45H68N2O2+2. The molecule has 49 heavy (non-hydrogen) atoms. The Labute approximate surface area is 299 Å². The lowest BCUT2D eigenvalue weighted by molar-refractivity contribution is -0.897. The van der Waals surface area contributed by atoms with Gasteiger partial charge in [0.15, 0.2) is 0 Å². The summed E-state index contributed by atoms with van der Waals surface area (Å²) in [6.45, 7) is 9.92. The molecule has 0 radical (unpaired) electrons. The summed E-state index contributed by atoms with van der Waals surface area (Å²) < 4.78 is 15.1. The number of likely N-dealkylation sites (tertiary alicyclic amines) is 2. The van der Waals surface area contributed by atoms with Crippen LogP contribution in [0.1, 0.15) is 120 Å². The number of ether oxygens (including phenoxy) is 2. The molecule has 6 aliphatic rings. The van der Waals surface area contributed by atoms with E-state index in [1.807, 2.05) is 0 Å². The minimum atomic E-state index is 0.767. The second kappa shape index (κ2) is 16.4. The molecule has 2 aliphatic heterocycles. The largest absolute Gasteiger partial charge is 0.494 e. The first-order valence-corrected chi connectivity index (χ1v) is 20.8. The summed E-state index contributed by atoms with van der Waals surface area (Å²) in [6, 6.07) is 18.3. The van der Waals surface area contributed by atoms with E-state index in [2.05, 4.69) is 62.6 Å². The molecular weight excluding hydrogens is 601 g/mol. The van der Waals surface area contributed by atoms with Gasteiger partial charge in [0, 0.05) is 25.7 Å². The van der Waals surface area contributed by atoms with Gasteiger partial charge in [-0.1, -0.05) is 29.8 Å². The van der Waals surface area contributed by atoms with E-state index >= 15 is 0 Å². The van der Waals surface area contributed by atoms with Crippen LogP contribution in [0.4, 0.5) is 0 Å². The SMILES string of the molecule is C[N+]1(CCCCCCOc2ccc(C(=C3C4CC5CC(C4)CC3C5)c3ccc(OCCCCCC[N+]4(C)CCCC4)cc3)cc2)CCCC1. The average molecular weight is 669 g/mol. The van der Waals surface area contributed by atoms with E-state index < -0.39 is 0 Å². The Kier molecular flexibility index (Phi) is 11.7. The van der Waals surface area contributed by atoms with E-state index in [-0.39, 0.29) is 0 Å². The van der Waals surface area contributed by atoms with Gasteiger partial charge >= 0.3 is 0 Å². The van der Waals surface area contributed by atoms with Crippen molar-refractivity contribution in [1.29, 1.82) is 0 Å². The summed E-state index contributed by atoms with van der Waals surface area (Å²) in [7, 11) is 4.91. The topological polar surface area (TPSA) is 18.5 Å². The van der Waals surface area contributed by atoms with Crippen molar-refractivity contribution in [3.05, 3.63) is 65.2 Å². The summed E-state index contributed by atoms with van der Waals surface area (Å²) >= 11 is 0. The fourth-order valence-corrected chi connectivity index (χ4v) is 11.0. The standard InChI is InChI=1S/C45H68N2O2/c1-46(25-9-10-26-46)23-7-3-5-13-29-48-42-19-15-38(16-20-42)44(45-40-32-36-31-37(34-40)35-41(45)33-36)39-17-21-43(22-18-39)49-30-14-6-4-8-24-47(2)27-11-12-28-47/h15-22,36-37,40-41H,3-14,23-35H2,1-2H3/q+2. The molecule has 8 rings (SSSR count). The molecule has 0 N–H and O–H groups in total. The Morgan fingerprint density at radius 3 is 1.31 bits per heavy atom. The summed E-state index contributed by atoms with van der Waals surface area (Å²) in [4.78, 5) is 0. The Balaban J connectivity index is 0.927. The van der Waals surface area contributed by atoms with E-state index in [1.165, 1.54) is 161 Å². The second-order valence-electron chi connectivity index (χ2n) is 17.7. The molecule has 2 saturated heterocycles. The van der Waals surface area contributed by atoms with Gasteiger partial charge in [-0.2, -0.15) is 0 Å². The summed E-state index contributed by atoms with van der Waals surface area (Å²) in [5, 5.41) is 0. The van der Waals surface area contributed by atoms with Crippen LogP contribution in [0, 0.1) is 23.7 Å². The van der Waals surface area contributed by atoms with Crippen molar-refractivity contribution in [2.75, 3.05) is 66.6 Å². The Morgan fingerprint density at radius 1 is 0.510 bits per heavy atom. The number of unbranched alkanes of at least 4 members (excludes halogenated alkanes) is 6. The molecule has 0 spiro atoms. The lowest BCUT2D eigenvalue weighted by atomic mass is 9.53. The molecule has 4 bridgehead atoms. The number of allylic oxidation sites excluding steroid dienone is 1. The number of hydrogen-bond donors (Lipinski definition) is 0. The molecule has 2 aromatic rings. The number of hydrogen-bond acceptors (Lipinski definition) is 2. The zero-order valence-corrected chi connectivity index (χ0v) is 31.3. The minimum absolute atomic E-state index is 0.767. The maximum absolute atomic E-state index is 6.26. The third-order valence-corrected chi connectivity index (χ3v) is 13.6. The first-order valence-electron chi connectivity index (χ1n) is 20.8. The molecule has 0 atom stereocenters. The van der Waals surface area contributed by atoms with Crippen molar-refractivity contribution in [2.45, 2.75) is 109 Å². The van der Waals surface area contributed by atoms with Crippen LogP contribution in [0.25, 0.3) is 5.57 Å². The Hall–Kier alpha value is -2.30. The summed E-state index contributed by atoms with van der Waals surface area (Å²) in [5.74, 6) is 5.50. The first kappa shape index (κ1) is 35.1. The summed E-state index contributed by atoms with van der Waals surface area (Å²) in [5.41, 5.74) is 6.01. The smallest absolute Gasteiger partial charge is 0.119 e. The predicted octanol–water partition coefficient (Wildman–Crippen LogP) is 10.3. The number of quaternary nitrogens is 2. The zero-order chi connectivity index (χ0) is 33.5. The van der Waals surface area contributed by atoms with E-state index in [0.29, 0.717) is 0 Å². The maximum Gasteiger partial charge on any atom is 0.119 e. The van der Waals surface area contributed by atoms with Gasteiger partial charge < -0.3 is 18.4 Å². The van der Waals surface area contributed by atoms with Crippen LogP contribution in [-0.4, -0.2) is 75.5 Å². The highest BCUT2D eigenvalue weighted by Gasteiger charge is 2.46. The fraction of sp³-hybridized carbons (Fsp3) is 0.689. The molecule has 0 unspecified atom stereocenters. The van der Waals surface area contributed by atoms with Crippen LogP contribution in [-0.2, 0) is 0 Å². The van der Waals surface area contributed by atoms with Crippen LogP contribution in [0.5, 0.6) is 11.5 Å². The van der Waals surface area contributed by atoms with Crippen LogP contribution in [0.15, 0.2) is 54.1 Å². The normalized spacial score (nSPS) is 26.4. The van der Waals surface area contributed by atoms with Gasteiger partial charge in [-0.25, -0.2) is 0 Å². The molecule has 4 heteroatoms. The molecule has 0 amide bonds. The van der Waals surface area contributed by atoms with Crippen molar-refractivity contribution in [3.63, 3.8) is 0 Å². The third kappa shape index (κ3) is 9.14. The van der Waals surface area contributed by atoms with Gasteiger partial charge in [0.2, 0.25) is 0 Å². The number of rotatable bonds is 18. The highest BCUT2D eigenvalue weighted by molar-refractivity contribution is 5.83. The van der Waals surface area contributed by atoms with E-state index in [9.17, 15) is 0 Å². The summed E-state index contributed by atoms with van der Waals surface area (Å²) in [6.07, 6.45) is 23.0. The van der Waals surface area contributed by atoms with Gasteiger partial charge in [0.05, 0.1) is 66.6 Å². The quantitative estimate of drug-likeness (QED) is 0.116. The third-order valence-electron chi connectivity index (χ3n) is 13.6. The number of benzene rings is 2. The van der Waals surface area contributed by atoms with Crippen molar-refractivity contribution in [3.8, 4) is 11.5 Å². The van der Waals surface area contributed by atoms with Gasteiger partial charge in [-0.15, -0.1) is 0 Å². The molecule has 2 heterocycles. The van der Waals surface area contributed by atoms with E-state index in [1.54, 1.807) is 5.57 Å². The Bertz CT molecular complexity index is 1240. The lowest BCUT2D eigenvalue weighted by Gasteiger charge is -2.52. The van der Waals surface area contributed by atoms with Crippen LogP contribution >= 0.6 is 0 Å². The molecule has 268 valence electrons. The van der Waals surface area contributed by atoms with Crippen molar-refractivity contribution < 1.29 is 18.4 Å². The first-order chi connectivity index (χ1) is 24.0. The highest BCUT2D eigenvalue weighted by Crippen LogP contribution is 2.58. The molecule has 4 aliphatic carbocycles. The minimum Gasteiger partial charge on any atom is -0.494 e.